The number of amides is 2. The highest BCUT2D eigenvalue weighted by molar-refractivity contribution is 6.39. The highest BCUT2D eigenvalue weighted by Crippen LogP contribution is 2.34. The number of rotatable bonds is 5. The number of hydrogen-bond donors (Lipinski definition) is 2. The molecule has 130 valence electrons. The van der Waals surface area contributed by atoms with Crippen LogP contribution in [-0.2, 0) is 22.4 Å². The summed E-state index contributed by atoms with van der Waals surface area (Å²) in [6, 6.07) is 6.27. The third kappa shape index (κ3) is 3.96. The van der Waals surface area contributed by atoms with Gasteiger partial charge in [0, 0.05) is 18.3 Å². The van der Waals surface area contributed by atoms with Crippen molar-refractivity contribution < 1.29 is 9.59 Å². The lowest BCUT2D eigenvalue weighted by Gasteiger charge is -2.24. The van der Waals surface area contributed by atoms with Crippen LogP contribution >= 0.6 is 0 Å². The Kier molecular flexibility index (Phi) is 5.19. The van der Waals surface area contributed by atoms with E-state index in [-0.39, 0.29) is 0 Å². The smallest absolute Gasteiger partial charge is 0.313 e. The molecule has 1 fully saturated rings. The van der Waals surface area contributed by atoms with Crippen LogP contribution in [0.5, 0.6) is 0 Å². The lowest BCUT2D eigenvalue weighted by molar-refractivity contribution is -0.136. The van der Waals surface area contributed by atoms with Crippen molar-refractivity contribution in [2.24, 2.45) is 5.92 Å². The van der Waals surface area contributed by atoms with Crippen molar-refractivity contribution >= 4 is 17.5 Å². The van der Waals surface area contributed by atoms with Crippen molar-refractivity contribution in [1.29, 1.82) is 0 Å². The number of nitrogens with one attached hydrogen (secondary N) is 2. The van der Waals surface area contributed by atoms with E-state index >= 15 is 0 Å². The number of likely N-dealkylation sites (N-methyl/N-ethyl adjacent to an activating group) is 1. The molecule has 2 aliphatic carbocycles. The topological polar surface area (TPSA) is 61.4 Å². The molecule has 2 N–H and O–H groups in total. The molecule has 1 aromatic rings. The number of carbonyl (C=O) groups excluding carboxylic acids is 2. The maximum absolute atomic E-state index is 12.2. The fourth-order valence-electron chi connectivity index (χ4n) is 3.61. The third-order valence-electron chi connectivity index (χ3n) is 5.15. The van der Waals surface area contributed by atoms with E-state index in [1.165, 1.54) is 30.4 Å². The molecule has 24 heavy (non-hydrogen) atoms. The quantitative estimate of drug-likeness (QED) is 0.812. The van der Waals surface area contributed by atoms with Gasteiger partial charge >= 0.3 is 11.8 Å². The number of aryl methyl sites for hydroxylation is 1. The second kappa shape index (κ2) is 7.34. The average Bonchev–Trinajstić information content (AvgIpc) is 3.39. The van der Waals surface area contributed by atoms with E-state index in [9.17, 15) is 9.59 Å². The van der Waals surface area contributed by atoms with Gasteiger partial charge in [-0.3, -0.25) is 9.59 Å². The predicted octanol–water partition coefficient (Wildman–Crippen LogP) is 1.96. The van der Waals surface area contributed by atoms with Gasteiger partial charge in [-0.2, -0.15) is 0 Å². The molecule has 0 unspecified atom stereocenters. The summed E-state index contributed by atoms with van der Waals surface area (Å²) in [6.07, 6.45) is 6.77. The van der Waals surface area contributed by atoms with Crippen LogP contribution in [0.4, 0.5) is 5.69 Å². The lowest BCUT2D eigenvalue weighted by atomic mass is 9.90. The van der Waals surface area contributed by atoms with Crippen molar-refractivity contribution in [3.05, 3.63) is 29.3 Å². The zero-order valence-corrected chi connectivity index (χ0v) is 14.6. The summed E-state index contributed by atoms with van der Waals surface area (Å²) in [4.78, 5) is 26.5. The van der Waals surface area contributed by atoms with Crippen LogP contribution in [-0.4, -0.2) is 43.4 Å². The maximum Gasteiger partial charge on any atom is 0.313 e. The van der Waals surface area contributed by atoms with E-state index in [2.05, 4.69) is 21.6 Å². The monoisotopic (exact) mass is 329 g/mol. The summed E-state index contributed by atoms with van der Waals surface area (Å²) in [5, 5.41) is 5.60. The van der Waals surface area contributed by atoms with Crippen molar-refractivity contribution in [2.45, 2.75) is 44.6 Å². The van der Waals surface area contributed by atoms with Gasteiger partial charge in [-0.05, 0) is 75.7 Å². The van der Waals surface area contributed by atoms with Crippen molar-refractivity contribution in [2.75, 3.05) is 26.0 Å². The molecule has 0 heterocycles. The van der Waals surface area contributed by atoms with Crippen LogP contribution in [0.25, 0.3) is 0 Å². The summed E-state index contributed by atoms with van der Waals surface area (Å²) in [5.41, 5.74) is 3.27. The zero-order chi connectivity index (χ0) is 17.1. The molecular weight excluding hydrogens is 302 g/mol. The minimum atomic E-state index is -0.567. The summed E-state index contributed by atoms with van der Waals surface area (Å²) in [5.74, 6) is -0.470. The van der Waals surface area contributed by atoms with E-state index in [1.54, 1.807) is 0 Å². The first-order chi connectivity index (χ1) is 11.6. The molecule has 1 atom stereocenters. The van der Waals surface area contributed by atoms with Crippen LogP contribution in [0, 0.1) is 5.92 Å². The van der Waals surface area contributed by atoms with Crippen LogP contribution in [0.1, 0.15) is 36.8 Å². The Hall–Kier alpha value is -1.88. The SMILES string of the molecule is CN(C)[C@H](CNC(=O)C(=O)Nc1cccc2c1CCCC2)C1CC1. The molecule has 3 rings (SSSR count). The van der Waals surface area contributed by atoms with E-state index in [4.69, 9.17) is 0 Å². The van der Waals surface area contributed by atoms with Gasteiger partial charge in [0.25, 0.3) is 0 Å². The van der Waals surface area contributed by atoms with Gasteiger partial charge in [-0.1, -0.05) is 12.1 Å². The van der Waals surface area contributed by atoms with E-state index < -0.39 is 11.8 Å². The molecular formula is C19H27N3O2. The Morgan fingerprint density at radius 3 is 2.62 bits per heavy atom. The molecule has 0 bridgehead atoms. The van der Waals surface area contributed by atoms with Gasteiger partial charge in [0.05, 0.1) is 0 Å². The molecule has 0 spiro atoms. The first-order valence-electron chi connectivity index (χ1n) is 8.92. The second-order valence-electron chi connectivity index (χ2n) is 7.18. The standard InChI is InChI=1S/C19H27N3O2/c1-22(2)17(14-10-11-14)12-20-18(23)19(24)21-16-9-5-7-13-6-3-4-8-15(13)16/h5,7,9,14,17H,3-4,6,8,10-12H2,1-2H3,(H,20,23)(H,21,24)/t17-/m1/s1. The third-order valence-corrected chi connectivity index (χ3v) is 5.15. The van der Waals surface area contributed by atoms with Gasteiger partial charge < -0.3 is 15.5 Å². The molecule has 0 saturated heterocycles. The Morgan fingerprint density at radius 2 is 1.92 bits per heavy atom. The first-order valence-corrected chi connectivity index (χ1v) is 8.92. The minimum absolute atomic E-state index is 0.311. The van der Waals surface area contributed by atoms with Crippen LogP contribution in [0.3, 0.4) is 0 Å². The number of benzene rings is 1. The van der Waals surface area contributed by atoms with Crippen LogP contribution in [0.2, 0.25) is 0 Å². The summed E-state index contributed by atoms with van der Waals surface area (Å²) < 4.78 is 0. The summed E-state index contributed by atoms with van der Waals surface area (Å²) >= 11 is 0. The van der Waals surface area contributed by atoms with E-state index in [1.807, 2.05) is 26.2 Å². The largest absolute Gasteiger partial charge is 0.346 e. The van der Waals surface area contributed by atoms with Gasteiger partial charge in [-0.15, -0.1) is 0 Å². The van der Waals surface area contributed by atoms with Gasteiger partial charge in [0.2, 0.25) is 0 Å². The fraction of sp³-hybridized carbons (Fsp3) is 0.579. The zero-order valence-electron chi connectivity index (χ0n) is 14.6. The van der Waals surface area contributed by atoms with Gasteiger partial charge in [0.1, 0.15) is 0 Å². The molecule has 2 amide bonds. The normalized spacial score (nSPS) is 18.0. The highest BCUT2D eigenvalue weighted by Gasteiger charge is 2.33. The van der Waals surface area contributed by atoms with E-state index in [0.29, 0.717) is 18.5 Å². The van der Waals surface area contributed by atoms with Gasteiger partial charge in [0.15, 0.2) is 0 Å². The Balaban J connectivity index is 1.57. The second-order valence-corrected chi connectivity index (χ2v) is 7.18. The average molecular weight is 329 g/mol. The molecule has 5 heteroatoms. The van der Waals surface area contributed by atoms with E-state index in [0.717, 1.165) is 24.9 Å². The molecule has 1 saturated carbocycles. The van der Waals surface area contributed by atoms with Crippen molar-refractivity contribution in [3.63, 3.8) is 0 Å². The minimum Gasteiger partial charge on any atom is -0.346 e. The van der Waals surface area contributed by atoms with Crippen molar-refractivity contribution in [3.8, 4) is 0 Å². The lowest BCUT2D eigenvalue weighted by Crippen LogP contribution is -2.45. The number of anilines is 1. The highest BCUT2D eigenvalue weighted by atomic mass is 16.2. The Bertz CT molecular complexity index is 621. The molecule has 0 aliphatic heterocycles. The maximum atomic E-state index is 12.2. The molecule has 5 nitrogen and oxygen atoms in total. The number of carbonyl (C=O) groups is 2. The molecule has 0 radical (unpaired) electrons. The number of hydrogen-bond acceptors (Lipinski definition) is 3. The number of nitrogens with zero attached hydrogens (tertiary/aromatic N) is 1. The van der Waals surface area contributed by atoms with Gasteiger partial charge in [-0.25, -0.2) is 0 Å². The molecule has 2 aliphatic rings. The Morgan fingerprint density at radius 1 is 1.17 bits per heavy atom. The summed E-state index contributed by atoms with van der Waals surface area (Å²) in [7, 11) is 4.04. The summed E-state index contributed by atoms with van der Waals surface area (Å²) in [6.45, 7) is 0.525. The fourth-order valence-corrected chi connectivity index (χ4v) is 3.61. The molecule has 0 aromatic heterocycles. The first kappa shape index (κ1) is 17.0. The van der Waals surface area contributed by atoms with Crippen molar-refractivity contribution in [1.82, 2.24) is 10.2 Å². The van der Waals surface area contributed by atoms with Crippen LogP contribution < -0.4 is 10.6 Å². The predicted molar refractivity (Wildman–Crippen MR) is 94.9 cm³/mol. The molecule has 1 aromatic carbocycles. The Labute approximate surface area is 143 Å². The number of fused-ring (bicyclic) bond motifs is 1. The van der Waals surface area contributed by atoms with Crippen LogP contribution in [0.15, 0.2) is 18.2 Å².